The molecule has 0 radical (unpaired) electrons. The Hall–Kier alpha value is -3.48. The SMILES string of the molecule is CC[C@@H](C)[C@H](NC(=O)c1cc(-c2cccnc2)n[nH]1)c1nc2ccccc2[nH]1. The predicted octanol–water partition coefficient (Wildman–Crippen LogP) is 3.87. The number of nitrogens with zero attached hydrogens (tertiary/aromatic N) is 3. The molecule has 0 bridgehead atoms. The van der Waals surface area contributed by atoms with Crippen molar-refractivity contribution in [2.24, 2.45) is 5.92 Å². The van der Waals surface area contributed by atoms with Gasteiger partial charge in [-0.15, -0.1) is 0 Å². The number of aromatic amines is 2. The summed E-state index contributed by atoms with van der Waals surface area (Å²) in [5, 5.41) is 10.2. The van der Waals surface area contributed by atoms with Crippen LogP contribution in [0.4, 0.5) is 0 Å². The second-order valence-electron chi connectivity index (χ2n) is 6.88. The summed E-state index contributed by atoms with van der Waals surface area (Å²) >= 11 is 0. The Kier molecular flexibility index (Phi) is 4.89. The van der Waals surface area contributed by atoms with Crippen LogP contribution in [-0.4, -0.2) is 31.1 Å². The molecule has 0 saturated carbocycles. The van der Waals surface area contributed by atoms with Crippen LogP contribution in [0.5, 0.6) is 0 Å². The zero-order valence-corrected chi connectivity index (χ0v) is 15.8. The maximum absolute atomic E-state index is 12.9. The zero-order valence-electron chi connectivity index (χ0n) is 15.8. The fourth-order valence-corrected chi connectivity index (χ4v) is 3.15. The molecule has 0 aliphatic heterocycles. The van der Waals surface area contributed by atoms with E-state index in [0.717, 1.165) is 28.8 Å². The molecule has 0 spiro atoms. The number of aromatic nitrogens is 5. The van der Waals surface area contributed by atoms with Crippen molar-refractivity contribution in [2.75, 3.05) is 0 Å². The number of carbonyl (C=O) groups excluding carboxylic acids is 1. The van der Waals surface area contributed by atoms with Gasteiger partial charge in [-0.1, -0.05) is 32.4 Å². The average molecular weight is 374 g/mol. The lowest BCUT2D eigenvalue weighted by atomic mass is 9.98. The molecule has 4 aromatic rings. The Bertz CT molecular complexity index is 1050. The summed E-state index contributed by atoms with van der Waals surface area (Å²) in [4.78, 5) is 25.0. The Labute approximate surface area is 162 Å². The highest BCUT2D eigenvalue weighted by Gasteiger charge is 2.25. The van der Waals surface area contributed by atoms with Crippen LogP contribution in [0.3, 0.4) is 0 Å². The molecule has 3 aromatic heterocycles. The minimum Gasteiger partial charge on any atom is -0.340 e. The van der Waals surface area contributed by atoms with Gasteiger partial charge in [-0.3, -0.25) is 14.9 Å². The third kappa shape index (κ3) is 3.51. The lowest BCUT2D eigenvalue weighted by Gasteiger charge is -2.22. The van der Waals surface area contributed by atoms with E-state index in [1.54, 1.807) is 18.5 Å². The molecule has 4 rings (SSSR count). The van der Waals surface area contributed by atoms with Crippen molar-refractivity contribution in [3.05, 3.63) is 66.4 Å². The third-order valence-electron chi connectivity index (χ3n) is 4.98. The molecular weight excluding hydrogens is 352 g/mol. The van der Waals surface area contributed by atoms with Crippen LogP contribution < -0.4 is 5.32 Å². The molecule has 3 heterocycles. The standard InChI is InChI=1S/C21H22N6O/c1-3-13(2)19(20-23-15-8-4-5-9-16(15)24-20)25-21(28)18-11-17(26-27-18)14-7-6-10-22-12-14/h4-13,19H,3H2,1-2H3,(H,23,24)(H,25,28)(H,26,27)/t13-,19+/m1/s1. The minimum atomic E-state index is -0.227. The molecule has 3 N–H and O–H groups in total. The van der Waals surface area contributed by atoms with E-state index in [-0.39, 0.29) is 17.9 Å². The number of hydrogen-bond donors (Lipinski definition) is 3. The maximum Gasteiger partial charge on any atom is 0.269 e. The molecule has 0 aliphatic rings. The van der Waals surface area contributed by atoms with E-state index in [4.69, 9.17) is 0 Å². The van der Waals surface area contributed by atoms with Crippen LogP contribution in [0, 0.1) is 5.92 Å². The quantitative estimate of drug-likeness (QED) is 0.477. The number of benzene rings is 1. The van der Waals surface area contributed by atoms with Gasteiger partial charge in [-0.25, -0.2) is 4.98 Å². The fourth-order valence-electron chi connectivity index (χ4n) is 3.15. The van der Waals surface area contributed by atoms with Crippen LogP contribution in [0.2, 0.25) is 0 Å². The molecule has 28 heavy (non-hydrogen) atoms. The molecule has 0 saturated heterocycles. The van der Waals surface area contributed by atoms with E-state index in [1.165, 1.54) is 0 Å². The van der Waals surface area contributed by atoms with Crippen LogP contribution in [0.25, 0.3) is 22.3 Å². The van der Waals surface area contributed by atoms with Gasteiger partial charge in [-0.05, 0) is 36.2 Å². The largest absolute Gasteiger partial charge is 0.340 e. The number of hydrogen-bond acceptors (Lipinski definition) is 4. The van der Waals surface area contributed by atoms with Gasteiger partial charge in [0.05, 0.1) is 22.8 Å². The maximum atomic E-state index is 12.9. The molecular formula is C21H22N6O. The second kappa shape index (κ2) is 7.64. The van der Waals surface area contributed by atoms with E-state index in [0.29, 0.717) is 11.4 Å². The van der Waals surface area contributed by atoms with Gasteiger partial charge in [0.25, 0.3) is 5.91 Å². The Morgan fingerprint density at radius 1 is 1.21 bits per heavy atom. The Morgan fingerprint density at radius 3 is 2.82 bits per heavy atom. The first-order chi connectivity index (χ1) is 13.7. The van der Waals surface area contributed by atoms with Crippen LogP contribution in [0.1, 0.15) is 42.6 Å². The second-order valence-corrected chi connectivity index (χ2v) is 6.88. The summed E-state index contributed by atoms with van der Waals surface area (Å²) in [6, 6.07) is 13.1. The Balaban J connectivity index is 1.58. The number of pyridine rings is 1. The highest BCUT2D eigenvalue weighted by Crippen LogP contribution is 2.25. The van der Waals surface area contributed by atoms with Gasteiger partial charge >= 0.3 is 0 Å². The number of imidazole rings is 1. The van der Waals surface area contributed by atoms with E-state index in [9.17, 15) is 4.79 Å². The third-order valence-corrected chi connectivity index (χ3v) is 4.98. The average Bonchev–Trinajstić information content (AvgIpc) is 3.39. The van der Waals surface area contributed by atoms with E-state index >= 15 is 0 Å². The summed E-state index contributed by atoms with van der Waals surface area (Å²) < 4.78 is 0. The number of nitrogens with one attached hydrogen (secondary N) is 3. The van der Waals surface area contributed by atoms with Gasteiger partial charge < -0.3 is 10.3 Å². The topological polar surface area (TPSA) is 99.3 Å². The number of carbonyl (C=O) groups is 1. The zero-order chi connectivity index (χ0) is 19.5. The van der Waals surface area contributed by atoms with E-state index < -0.39 is 0 Å². The first-order valence-corrected chi connectivity index (χ1v) is 9.37. The van der Waals surface area contributed by atoms with Crippen molar-refractivity contribution < 1.29 is 4.79 Å². The molecule has 7 nitrogen and oxygen atoms in total. The monoisotopic (exact) mass is 374 g/mol. The molecule has 1 aromatic carbocycles. The molecule has 1 amide bonds. The molecule has 0 unspecified atom stereocenters. The van der Waals surface area contributed by atoms with Crippen molar-refractivity contribution in [2.45, 2.75) is 26.3 Å². The van der Waals surface area contributed by atoms with Crippen molar-refractivity contribution in [3.8, 4) is 11.3 Å². The molecule has 2 atom stereocenters. The highest BCUT2D eigenvalue weighted by molar-refractivity contribution is 5.93. The molecule has 0 aliphatic carbocycles. The van der Waals surface area contributed by atoms with Crippen LogP contribution in [-0.2, 0) is 0 Å². The fraction of sp³-hybridized carbons (Fsp3) is 0.238. The van der Waals surface area contributed by atoms with E-state index in [1.807, 2.05) is 36.4 Å². The van der Waals surface area contributed by atoms with Gasteiger partial charge in [-0.2, -0.15) is 5.10 Å². The predicted molar refractivity (Wildman–Crippen MR) is 108 cm³/mol. The highest BCUT2D eigenvalue weighted by atomic mass is 16.2. The Morgan fingerprint density at radius 2 is 2.07 bits per heavy atom. The lowest BCUT2D eigenvalue weighted by molar-refractivity contribution is 0.0915. The van der Waals surface area contributed by atoms with Crippen molar-refractivity contribution in [3.63, 3.8) is 0 Å². The molecule has 7 heteroatoms. The number of fused-ring (bicyclic) bond motifs is 1. The smallest absolute Gasteiger partial charge is 0.269 e. The summed E-state index contributed by atoms with van der Waals surface area (Å²) in [5.41, 5.74) is 3.79. The van der Waals surface area contributed by atoms with Crippen LogP contribution >= 0.6 is 0 Å². The van der Waals surface area contributed by atoms with Gasteiger partial charge in [0.1, 0.15) is 11.5 Å². The van der Waals surface area contributed by atoms with Crippen molar-refractivity contribution >= 4 is 16.9 Å². The number of H-pyrrole nitrogens is 2. The number of rotatable bonds is 6. The molecule has 142 valence electrons. The minimum absolute atomic E-state index is 0.213. The number of para-hydroxylation sites is 2. The normalized spacial score (nSPS) is 13.4. The summed E-state index contributed by atoms with van der Waals surface area (Å²) in [7, 11) is 0. The van der Waals surface area contributed by atoms with E-state index in [2.05, 4.69) is 44.3 Å². The van der Waals surface area contributed by atoms with Crippen molar-refractivity contribution in [1.29, 1.82) is 0 Å². The van der Waals surface area contributed by atoms with Crippen LogP contribution in [0.15, 0.2) is 54.9 Å². The summed E-state index contributed by atoms with van der Waals surface area (Å²) in [5.74, 6) is 0.759. The van der Waals surface area contributed by atoms with Gasteiger partial charge in [0, 0.05) is 18.0 Å². The first-order valence-electron chi connectivity index (χ1n) is 9.37. The van der Waals surface area contributed by atoms with Gasteiger partial charge in [0.15, 0.2) is 0 Å². The van der Waals surface area contributed by atoms with Crippen molar-refractivity contribution in [1.82, 2.24) is 30.5 Å². The summed E-state index contributed by atoms with van der Waals surface area (Å²) in [6.07, 6.45) is 4.33. The number of amides is 1. The van der Waals surface area contributed by atoms with Gasteiger partial charge in [0.2, 0.25) is 0 Å². The lowest BCUT2D eigenvalue weighted by Crippen LogP contribution is -2.33. The molecule has 0 fully saturated rings. The first kappa shape index (κ1) is 17.9. The summed E-state index contributed by atoms with van der Waals surface area (Å²) in [6.45, 7) is 4.20.